The number of rotatable bonds is 7. The highest BCUT2D eigenvalue weighted by Crippen LogP contribution is 2.25. The van der Waals surface area contributed by atoms with Gasteiger partial charge in [-0.1, -0.05) is 12.1 Å². The van der Waals surface area contributed by atoms with E-state index in [1.165, 1.54) is 24.8 Å². The number of amides is 2. The second-order valence-electron chi connectivity index (χ2n) is 8.70. The number of benzene rings is 1. The van der Waals surface area contributed by atoms with Gasteiger partial charge in [0, 0.05) is 18.0 Å². The van der Waals surface area contributed by atoms with Gasteiger partial charge in [0.25, 0.3) is 0 Å². The topological polar surface area (TPSA) is 158 Å². The minimum Gasteiger partial charge on any atom is -0.476 e. The highest BCUT2D eigenvalue weighted by molar-refractivity contribution is 6.01. The molecule has 0 fully saturated rings. The summed E-state index contributed by atoms with van der Waals surface area (Å²) in [6.07, 6.45) is 3.43. The Morgan fingerprint density at radius 2 is 1.92 bits per heavy atom. The molecular weight excluding hydrogens is 464 g/mol. The molecule has 11 nitrogen and oxygen atoms in total. The van der Waals surface area contributed by atoms with Crippen LogP contribution in [-0.2, 0) is 16.1 Å². The maximum absolute atomic E-state index is 12.9. The number of carboxylic acids is 1. The van der Waals surface area contributed by atoms with Crippen molar-refractivity contribution in [1.29, 1.82) is 5.26 Å². The SMILES string of the molecule is CC(C)(C)OC(=O)N(CC(=O)Nc1cc(-c2cccc(C#N)c2)cnc1C(=O)O)Cc1ccncn1. The monoisotopic (exact) mass is 488 g/mol. The van der Waals surface area contributed by atoms with Crippen molar-refractivity contribution in [3.05, 3.63) is 72.1 Å². The molecular formula is C25H24N6O5. The molecule has 2 amide bonds. The summed E-state index contributed by atoms with van der Waals surface area (Å²) in [5.74, 6) is -2.00. The van der Waals surface area contributed by atoms with Gasteiger partial charge in [-0.3, -0.25) is 9.69 Å². The first-order valence-corrected chi connectivity index (χ1v) is 10.8. The van der Waals surface area contributed by atoms with Gasteiger partial charge in [-0.25, -0.2) is 24.5 Å². The molecule has 0 saturated carbocycles. The lowest BCUT2D eigenvalue weighted by atomic mass is 10.0. The molecule has 3 aromatic rings. The van der Waals surface area contributed by atoms with Crippen LogP contribution in [0, 0.1) is 11.3 Å². The Bertz CT molecular complexity index is 1310. The Kier molecular flexibility index (Phi) is 7.91. The van der Waals surface area contributed by atoms with E-state index >= 15 is 0 Å². The molecule has 36 heavy (non-hydrogen) atoms. The van der Waals surface area contributed by atoms with Gasteiger partial charge in [0.1, 0.15) is 18.5 Å². The lowest BCUT2D eigenvalue weighted by molar-refractivity contribution is -0.117. The van der Waals surface area contributed by atoms with Crippen molar-refractivity contribution in [3.63, 3.8) is 0 Å². The van der Waals surface area contributed by atoms with Crippen molar-refractivity contribution in [2.75, 3.05) is 11.9 Å². The average Bonchev–Trinajstić information content (AvgIpc) is 2.83. The van der Waals surface area contributed by atoms with Crippen LogP contribution in [0.1, 0.15) is 42.5 Å². The number of pyridine rings is 1. The van der Waals surface area contributed by atoms with Crippen LogP contribution in [0.2, 0.25) is 0 Å². The predicted molar refractivity (Wildman–Crippen MR) is 129 cm³/mol. The van der Waals surface area contributed by atoms with Gasteiger partial charge in [0.05, 0.1) is 29.6 Å². The number of anilines is 1. The number of nitriles is 1. The number of aromatic carboxylic acids is 1. The first-order valence-electron chi connectivity index (χ1n) is 10.8. The minimum absolute atomic E-state index is 0.0319. The van der Waals surface area contributed by atoms with Gasteiger partial charge in [-0.15, -0.1) is 0 Å². The van der Waals surface area contributed by atoms with Crippen molar-refractivity contribution >= 4 is 23.7 Å². The lowest BCUT2D eigenvalue weighted by Gasteiger charge is -2.27. The van der Waals surface area contributed by atoms with E-state index < -0.39 is 30.1 Å². The smallest absolute Gasteiger partial charge is 0.411 e. The third-order valence-electron chi connectivity index (χ3n) is 4.67. The van der Waals surface area contributed by atoms with E-state index in [0.717, 1.165) is 4.90 Å². The summed E-state index contributed by atoms with van der Waals surface area (Å²) in [5, 5.41) is 21.2. The molecule has 0 saturated heterocycles. The number of carbonyl (C=O) groups is 3. The summed E-state index contributed by atoms with van der Waals surface area (Å²) >= 11 is 0. The maximum atomic E-state index is 12.9. The predicted octanol–water partition coefficient (Wildman–Crippen LogP) is 3.48. The zero-order chi connectivity index (χ0) is 26.3. The second-order valence-corrected chi connectivity index (χ2v) is 8.70. The molecule has 184 valence electrons. The normalized spacial score (nSPS) is 10.7. The fraction of sp³-hybridized carbons (Fsp3) is 0.240. The van der Waals surface area contributed by atoms with Crippen LogP contribution in [-0.4, -0.2) is 55.1 Å². The summed E-state index contributed by atoms with van der Waals surface area (Å²) in [5.41, 5.74) is 0.783. The summed E-state index contributed by atoms with van der Waals surface area (Å²) in [4.78, 5) is 50.5. The lowest BCUT2D eigenvalue weighted by Crippen LogP contribution is -2.41. The van der Waals surface area contributed by atoms with E-state index in [9.17, 15) is 19.5 Å². The number of carboxylic acid groups (broad SMARTS) is 1. The molecule has 0 spiro atoms. The molecule has 0 aliphatic carbocycles. The van der Waals surface area contributed by atoms with Gasteiger partial charge < -0.3 is 15.2 Å². The number of nitrogens with one attached hydrogen (secondary N) is 1. The van der Waals surface area contributed by atoms with Crippen molar-refractivity contribution in [1.82, 2.24) is 19.9 Å². The Balaban J connectivity index is 1.87. The summed E-state index contributed by atoms with van der Waals surface area (Å²) in [6, 6.07) is 11.8. The Morgan fingerprint density at radius 3 is 2.56 bits per heavy atom. The largest absolute Gasteiger partial charge is 0.476 e. The van der Waals surface area contributed by atoms with Crippen LogP contribution in [0.4, 0.5) is 10.5 Å². The van der Waals surface area contributed by atoms with Crippen LogP contribution >= 0.6 is 0 Å². The molecule has 3 rings (SSSR count). The van der Waals surface area contributed by atoms with Crippen LogP contribution in [0.25, 0.3) is 11.1 Å². The standard InChI is InChI=1S/C25H24N6O5/c1-25(2,3)36-24(35)31(13-19-7-8-27-15-29-19)14-21(32)30-20-10-18(12-28-22(20)23(33)34)17-6-4-5-16(9-17)11-26/h4-10,12,15H,13-14H2,1-3H3,(H,30,32)(H,33,34). The zero-order valence-corrected chi connectivity index (χ0v) is 19.9. The molecule has 0 aliphatic rings. The number of hydrogen-bond donors (Lipinski definition) is 2. The Labute approximate surface area is 207 Å². The quantitative estimate of drug-likeness (QED) is 0.507. The zero-order valence-electron chi connectivity index (χ0n) is 19.9. The second kappa shape index (κ2) is 11.1. The highest BCUT2D eigenvalue weighted by Gasteiger charge is 2.25. The van der Waals surface area contributed by atoms with Crippen LogP contribution in [0.3, 0.4) is 0 Å². The van der Waals surface area contributed by atoms with Crippen molar-refractivity contribution in [3.8, 4) is 17.2 Å². The highest BCUT2D eigenvalue weighted by atomic mass is 16.6. The van der Waals surface area contributed by atoms with Crippen molar-refractivity contribution < 1.29 is 24.2 Å². The molecule has 1 aromatic carbocycles. The number of hydrogen-bond acceptors (Lipinski definition) is 8. The fourth-order valence-electron chi connectivity index (χ4n) is 3.14. The summed E-state index contributed by atoms with van der Waals surface area (Å²) in [7, 11) is 0. The molecule has 0 bridgehead atoms. The summed E-state index contributed by atoms with van der Waals surface area (Å²) < 4.78 is 5.41. The van der Waals surface area contributed by atoms with Crippen molar-refractivity contribution in [2.24, 2.45) is 0 Å². The molecule has 11 heteroatoms. The van der Waals surface area contributed by atoms with Gasteiger partial charge in [0.15, 0.2) is 5.69 Å². The molecule has 0 aliphatic heterocycles. The van der Waals surface area contributed by atoms with Gasteiger partial charge >= 0.3 is 12.1 Å². The Morgan fingerprint density at radius 1 is 1.14 bits per heavy atom. The summed E-state index contributed by atoms with van der Waals surface area (Å²) in [6.45, 7) is 4.63. The maximum Gasteiger partial charge on any atom is 0.411 e. The molecule has 2 aromatic heterocycles. The van der Waals surface area contributed by atoms with E-state index in [0.29, 0.717) is 22.4 Å². The number of ether oxygens (including phenoxy) is 1. The molecule has 0 unspecified atom stereocenters. The van der Waals surface area contributed by atoms with E-state index in [-0.39, 0.29) is 17.9 Å². The van der Waals surface area contributed by atoms with E-state index in [1.807, 2.05) is 6.07 Å². The van der Waals surface area contributed by atoms with E-state index in [2.05, 4.69) is 20.3 Å². The average molecular weight is 489 g/mol. The first kappa shape index (κ1) is 25.8. The Hall–Kier alpha value is -4.85. The molecule has 0 radical (unpaired) electrons. The van der Waals surface area contributed by atoms with Crippen LogP contribution < -0.4 is 5.32 Å². The van der Waals surface area contributed by atoms with Crippen LogP contribution in [0.5, 0.6) is 0 Å². The minimum atomic E-state index is -1.34. The van der Waals surface area contributed by atoms with Gasteiger partial charge in [0.2, 0.25) is 5.91 Å². The van der Waals surface area contributed by atoms with E-state index in [4.69, 9.17) is 10.00 Å². The van der Waals surface area contributed by atoms with Gasteiger partial charge in [-0.05, 0) is 50.6 Å². The first-order chi connectivity index (χ1) is 17.1. The molecule has 2 heterocycles. The van der Waals surface area contributed by atoms with E-state index in [1.54, 1.807) is 51.1 Å². The van der Waals surface area contributed by atoms with Crippen LogP contribution in [0.15, 0.2) is 55.1 Å². The third-order valence-corrected chi connectivity index (χ3v) is 4.67. The third kappa shape index (κ3) is 7.07. The van der Waals surface area contributed by atoms with Crippen molar-refractivity contribution in [2.45, 2.75) is 32.9 Å². The fourth-order valence-corrected chi connectivity index (χ4v) is 3.14. The van der Waals surface area contributed by atoms with Gasteiger partial charge in [-0.2, -0.15) is 5.26 Å². The number of aromatic nitrogens is 3. The number of nitrogens with zero attached hydrogens (tertiary/aromatic N) is 5. The molecule has 0 atom stereocenters. The molecule has 2 N–H and O–H groups in total. The number of carbonyl (C=O) groups excluding carboxylic acids is 2.